The molecule has 0 aromatic rings. The summed E-state index contributed by atoms with van der Waals surface area (Å²) in [5, 5.41) is 6.02. The first-order chi connectivity index (χ1) is 12.9. The number of likely N-dealkylation sites (tertiary alicyclic amines) is 1. The Hall–Kier alpha value is -1.10. The quantitative estimate of drug-likeness (QED) is 0.327. The van der Waals surface area contributed by atoms with Gasteiger partial charge in [0.15, 0.2) is 5.96 Å². The van der Waals surface area contributed by atoms with E-state index in [1.165, 1.54) is 0 Å². The first-order valence-corrected chi connectivity index (χ1v) is 10.0. The van der Waals surface area contributed by atoms with Crippen LogP contribution in [0.2, 0.25) is 0 Å². The highest BCUT2D eigenvalue weighted by molar-refractivity contribution is 14.0. The van der Waals surface area contributed by atoms with Crippen molar-refractivity contribution in [1.29, 1.82) is 0 Å². The molecule has 162 valence electrons. The molecule has 0 spiro atoms. The lowest BCUT2D eigenvalue weighted by atomic mass is 9.92. The fraction of sp³-hybridized carbons (Fsp3) is 0.842. The third-order valence-corrected chi connectivity index (χ3v) is 5.27. The largest absolute Gasteiger partial charge is 0.378 e. The van der Waals surface area contributed by atoms with Gasteiger partial charge in [-0.2, -0.15) is 0 Å². The van der Waals surface area contributed by atoms with Gasteiger partial charge in [-0.25, -0.2) is 0 Å². The van der Waals surface area contributed by atoms with Gasteiger partial charge in [-0.05, 0) is 33.6 Å². The zero-order valence-electron chi connectivity index (χ0n) is 17.6. The second-order valence-corrected chi connectivity index (χ2v) is 7.83. The van der Waals surface area contributed by atoms with Gasteiger partial charge >= 0.3 is 0 Å². The number of nitrogens with zero attached hydrogens (tertiary/aromatic N) is 3. The van der Waals surface area contributed by atoms with E-state index in [4.69, 9.17) is 9.73 Å². The Morgan fingerprint density at radius 2 is 1.71 bits per heavy atom. The van der Waals surface area contributed by atoms with Crippen LogP contribution in [-0.2, 0) is 14.3 Å². The minimum Gasteiger partial charge on any atom is -0.378 e. The zero-order chi connectivity index (χ0) is 19.9. The summed E-state index contributed by atoms with van der Waals surface area (Å²) in [6.07, 6.45) is 1.67. The summed E-state index contributed by atoms with van der Waals surface area (Å²) in [7, 11) is 1.65. The highest BCUT2D eigenvalue weighted by Crippen LogP contribution is 2.21. The molecular weight excluding hydrogens is 473 g/mol. The average molecular weight is 509 g/mol. The van der Waals surface area contributed by atoms with Crippen molar-refractivity contribution in [2.24, 2.45) is 16.3 Å². The number of amides is 2. The third-order valence-electron chi connectivity index (χ3n) is 5.27. The maximum atomic E-state index is 12.7. The van der Waals surface area contributed by atoms with Crippen molar-refractivity contribution in [3.8, 4) is 0 Å². The van der Waals surface area contributed by atoms with E-state index >= 15 is 0 Å². The van der Waals surface area contributed by atoms with Crippen molar-refractivity contribution in [3.63, 3.8) is 0 Å². The molecule has 2 fully saturated rings. The highest BCUT2D eigenvalue weighted by Gasteiger charge is 2.31. The van der Waals surface area contributed by atoms with Crippen molar-refractivity contribution in [2.75, 3.05) is 59.5 Å². The molecule has 0 unspecified atom stereocenters. The van der Waals surface area contributed by atoms with Gasteiger partial charge < -0.3 is 25.2 Å². The number of halogens is 1. The van der Waals surface area contributed by atoms with Crippen LogP contribution in [0.1, 0.15) is 33.6 Å². The van der Waals surface area contributed by atoms with Gasteiger partial charge in [0.05, 0.1) is 25.2 Å². The van der Waals surface area contributed by atoms with Crippen molar-refractivity contribution >= 4 is 41.8 Å². The molecule has 0 saturated carbocycles. The SMILES string of the molecule is CCNC(=NCC(C)(C)C(=O)NC)N1CCC(C(=O)N2CCOCC2)CC1.I. The molecule has 9 heteroatoms. The van der Waals surface area contributed by atoms with Gasteiger partial charge in [-0.15, -0.1) is 24.0 Å². The molecule has 2 amide bonds. The number of ether oxygens (including phenoxy) is 1. The maximum absolute atomic E-state index is 12.7. The molecule has 2 N–H and O–H groups in total. The first-order valence-electron chi connectivity index (χ1n) is 10.0. The standard InChI is InChI=1S/C19H35N5O3.HI/c1-5-21-18(22-14-19(2,3)17(26)20-4)24-8-6-15(7-9-24)16(25)23-10-12-27-13-11-23;/h15H,5-14H2,1-4H3,(H,20,26)(H,21,22);1H. The van der Waals surface area contributed by atoms with E-state index in [9.17, 15) is 9.59 Å². The van der Waals surface area contributed by atoms with Gasteiger partial charge in [0.25, 0.3) is 0 Å². The monoisotopic (exact) mass is 509 g/mol. The normalized spacial score (nSPS) is 19.1. The van der Waals surface area contributed by atoms with Gasteiger partial charge in [0.2, 0.25) is 11.8 Å². The molecule has 2 saturated heterocycles. The second-order valence-electron chi connectivity index (χ2n) is 7.83. The molecule has 2 heterocycles. The Balaban J connectivity index is 0.00000392. The van der Waals surface area contributed by atoms with E-state index in [-0.39, 0.29) is 41.7 Å². The summed E-state index contributed by atoms with van der Waals surface area (Å²) >= 11 is 0. The molecular formula is C19H36IN5O3. The molecule has 2 aliphatic rings. The molecule has 2 rings (SSSR count). The summed E-state index contributed by atoms with van der Waals surface area (Å²) in [5.74, 6) is 1.16. The van der Waals surface area contributed by atoms with Crippen LogP contribution in [0.5, 0.6) is 0 Å². The van der Waals surface area contributed by atoms with Crippen molar-refractivity contribution in [1.82, 2.24) is 20.4 Å². The summed E-state index contributed by atoms with van der Waals surface area (Å²) < 4.78 is 5.34. The lowest BCUT2D eigenvalue weighted by molar-refractivity contribution is -0.140. The number of aliphatic imine (C=N–C) groups is 1. The molecule has 0 aromatic heterocycles. The Kier molecular flexibility index (Phi) is 10.5. The summed E-state index contributed by atoms with van der Waals surface area (Å²) in [6, 6.07) is 0. The fourth-order valence-corrected chi connectivity index (χ4v) is 3.49. The lowest BCUT2D eigenvalue weighted by Crippen LogP contribution is -2.50. The zero-order valence-corrected chi connectivity index (χ0v) is 20.0. The maximum Gasteiger partial charge on any atom is 0.227 e. The molecule has 0 aliphatic carbocycles. The molecule has 28 heavy (non-hydrogen) atoms. The number of carbonyl (C=O) groups excluding carboxylic acids is 2. The Morgan fingerprint density at radius 1 is 1.11 bits per heavy atom. The Labute approximate surface area is 185 Å². The van der Waals surface area contributed by atoms with Crippen LogP contribution in [-0.4, -0.2) is 87.1 Å². The second kappa shape index (κ2) is 11.8. The van der Waals surface area contributed by atoms with Crippen LogP contribution in [0.3, 0.4) is 0 Å². The van der Waals surface area contributed by atoms with Crippen LogP contribution in [0, 0.1) is 11.3 Å². The van der Waals surface area contributed by atoms with Gasteiger partial charge in [0, 0.05) is 45.7 Å². The number of carbonyl (C=O) groups is 2. The minimum atomic E-state index is -0.556. The predicted molar refractivity (Wildman–Crippen MR) is 121 cm³/mol. The number of guanidine groups is 1. The van der Waals surface area contributed by atoms with Crippen LogP contribution < -0.4 is 10.6 Å². The highest BCUT2D eigenvalue weighted by atomic mass is 127. The average Bonchev–Trinajstić information content (AvgIpc) is 2.70. The van der Waals surface area contributed by atoms with E-state index in [0.717, 1.165) is 38.4 Å². The molecule has 0 aromatic carbocycles. The van der Waals surface area contributed by atoms with Crippen molar-refractivity contribution in [2.45, 2.75) is 33.6 Å². The molecule has 2 aliphatic heterocycles. The molecule has 8 nitrogen and oxygen atoms in total. The minimum absolute atomic E-state index is 0. The van der Waals surface area contributed by atoms with E-state index in [1.807, 2.05) is 25.7 Å². The Bertz CT molecular complexity index is 542. The number of piperidine rings is 1. The fourth-order valence-electron chi connectivity index (χ4n) is 3.49. The van der Waals surface area contributed by atoms with Crippen LogP contribution >= 0.6 is 24.0 Å². The topological polar surface area (TPSA) is 86.3 Å². The number of hydrogen-bond acceptors (Lipinski definition) is 4. The van der Waals surface area contributed by atoms with E-state index in [0.29, 0.717) is 32.8 Å². The van der Waals surface area contributed by atoms with E-state index < -0.39 is 5.41 Å². The summed E-state index contributed by atoms with van der Waals surface area (Å²) in [6.45, 7) is 11.3. The third kappa shape index (κ3) is 6.75. The van der Waals surface area contributed by atoms with Crippen LogP contribution in [0.25, 0.3) is 0 Å². The number of nitrogens with one attached hydrogen (secondary N) is 2. The predicted octanol–water partition coefficient (Wildman–Crippen LogP) is 0.913. The van der Waals surface area contributed by atoms with Crippen LogP contribution in [0.4, 0.5) is 0 Å². The lowest BCUT2D eigenvalue weighted by Gasteiger charge is -2.37. The van der Waals surface area contributed by atoms with Gasteiger partial charge in [-0.3, -0.25) is 14.6 Å². The smallest absolute Gasteiger partial charge is 0.227 e. The van der Waals surface area contributed by atoms with Gasteiger partial charge in [-0.1, -0.05) is 0 Å². The Morgan fingerprint density at radius 3 is 2.25 bits per heavy atom. The number of rotatable bonds is 5. The van der Waals surface area contributed by atoms with Gasteiger partial charge in [0.1, 0.15) is 0 Å². The summed E-state index contributed by atoms with van der Waals surface area (Å²) in [4.78, 5) is 33.5. The molecule has 0 atom stereocenters. The van der Waals surface area contributed by atoms with Crippen molar-refractivity contribution < 1.29 is 14.3 Å². The first kappa shape index (κ1) is 24.9. The van der Waals surface area contributed by atoms with E-state index in [2.05, 4.69) is 15.5 Å². The van der Waals surface area contributed by atoms with E-state index in [1.54, 1.807) is 7.05 Å². The molecule has 0 radical (unpaired) electrons. The van der Waals surface area contributed by atoms with Crippen molar-refractivity contribution in [3.05, 3.63) is 0 Å². The number of morpholine rings is 1. The molecule has 0 bridgehead atoms. The van der Waals surface area contributed by atoms with Crippen LogP contribution in [0.15, 0.2) is 4.99 Å². The summed E-state index contributed by atoms with van der Waals surface area (Å²) in [5.41, 5.74) is -0.556. The number of hydrogen-bond donors (Lipinski definition) is 2.